The van der Waals surface area contributed by atoms with Crippen molar-refractivity contribution in [1.29, 1.82) is 5.26 Å². The van der Waals surface area contributed by atoms with E-state index in [-0.39, 0.29) is 29.2 Å². The number of likely N-dealkylation sites (tertiary alicyclic amines) is 1. The number of benzene rings is 2. The van der Waals surface area contributed by atoms with Gasteiger partial charge in [-0.15, -0.1) is 6.58 Å². The van der Waals surface area contributed by atoms with Crippen molar-refractivity contribution in [3.8, 4) is 17.8 Å². The Hall–Kier alpha value is -4.33. The monoisotopic (exact) mass is 550 g/mol. The number of nitriles is 1. The van der Waals surface area contributed by atoms with Gasteiger partial charge in [0.05, 0.1) is 18.2 Å². The zero-order valence-electron chi connectivity index (χ0n) is 23.3. The molecular weight excluding hydrogens is 516 g/mol. The number of piperazine rings is 1. The van der Waals surface area contributed by atoms with E-state index < -0.39 is 0 Å². The molecule has 0 aliphatic carbocycles. The normalized spacial score (nSPS) is 20.0. The van der Waals surface area contributed by atoms with Crippen LogP contribution in [0, 0.1) is 11.3 Å². The standard InChI is InChI=1S/C31H34N8O2/c1-3-15-37-17-18-38(19-23(37)13-14-32)29-27-28(34-31(35-29)41-20-24-10-7-16-36(24)2)30(40)39(21-33-27)26-12-6-9-22-8-4-5-11-25(22)26/h3-6,8-9,11-12,21,23-24H,1,7,10,13,15-20H2,2H3/t23-,24-/m0/s1. The number of aromatic nitrogens is 4. The highest BCUT2D eigenvalue weighted by molar-refractivity contribution is 5.91. The van der Waals surface area contributed by atoms with Gasteiger partial charge >= 0.3 is 6.01 Å². The molecule has 210 valence electrons. The first-order chi connectivity index (χ1) is 20.1. The number of anilines is 1. The van der Waals surface area contributed by atoms with Gasteiger partial charge in [-0.2, -0.15) is 15.2 Å². The van der Waals surface area contributed by atoms with Crippen LogP contribution < -0.4 is 15.2 Å². The second-order valence-corrected chi connectivity index (χ2v) is 10.8. The fourth-order valence-corrected chi connectivity index (χ4v) is 6.00. The second kappa shape index (κ2) is 11.6. The van der Waals surface area contributed by atoms with Crippen LogP contribution >= 0.6 is 0 Å². The van der Waals surface area contributed by atoms with Crippen LogP contribution in [0.25, 0.3) is 27.5 Å². The molecule has 2 aromatic carbocycles. The number of hydrogen-bond acceptors (Lipinski definition) is 9. The number of nitrogens with zero attached hydrogens (tertiary/aromatic N) is 8. The lowest BCUT2D eigenvalue weighted by atomic mass is 10.1. The van der Waals surface area contributed by atoms with Crippen LogP contribution in [0.2, 0.25) is 0 Å². The highest BCUT2D eigenvalue weighted by atomic mass is 16.5. The fourth-order valence-electron chi connectivity index (χ4n) is 6.00. The maximum absolute atomic E-state index is 14.1. The lowest BCUT2D eigenvalue weighted by Crippen LogP contribution is -2.53. The van der Waals surface area contributed by atoms with Gasteiger partial charge in [0, 0.05) is 43.6 Å². The number of hydrogen-bond donors (Lipinski definition) is 0. The van der Waals surface area contributed by atoms with Crippen molar-refractivity contribution in [1.82, 2.24) is 29.3 Å². The lowest BCUT2D eigenvalue weighted by molar-refractivity contribution is 0.187. The van der Waals surface area contributed by atoms with E-state index in [1.165, 1.54) is 0 Å². The highest BCUT2D eigenvalue weighted by Gasteiger charge is 2.30. The van der Waals surface area contributed by atoms with E-state index in [0.29, 0.717) is 44.0 Å². The minimum absolute atomic E-state index is 0.00401. The third-order valence-corrected chi connectivity index (χ3v) is 8.27. The third-order valence-electron chi connectivity index (χ3n) is 8.27. The van der Waals surface area contributed by atoms with Gasteiger partial charge in [-0.25, -0.2) is 4.98 Å². The molecule has 0 bridgehead atoms. The summed E-state index contributed by atoms with van der Waals surface area (Å²) in [6.45, 7) is 8.05. The van der Waals surface area contributed by atoms with E-state index in [9.17, 15) is 10.1 Å². The van der Waals surface area contributed by atoms with E-state index in [4.69, 9.17) is 14.7 Å². The molecule has 2 atom stereocenters. The molecule has 2 saturated heterocycles. The number of rotatable bonds is 8. The van der Waals surface area contributed by atoms with Crippen molar-refractivity contribution >= 4 is 27.6 Å². The maximum atomic E-state index is 14.1. The quantitative estimate of drug-likeness (QED) is 0.305. The molecule has 4 aromatic rings. The van der Waals surface area contributed by atoms with E-state index in [1.807, 2.05) is 48.5 Å². The summed E-state index contributed by atoms with van der Waals surface area (Å²) < 4.78 is 7.71. The number of ether oxygens (including phenoxy) is 1. The van der Waals surface area contributed by atoms with E-state index >= 15 is 0 Å². The Morgan fingerprint density at radius 1 is 1.10 bits per heavy atom. The Labute approximate surface area is 239 Å². The second-order valence-electron chi connectivity index (χ2n) is 10.8. The van der Waals surface area contributed by atoms with Crippen LogP contribution in [0.4, 0.5) is 5.82 Å². The Balaban J connectivity index is 1.44. The molecule has 0 radical (unpaired) electrons. The molecule has 41 heavy (non-hydrogen) atoms. The first-order valence-electron chi connectivity index (χ1n) is 14.1. The van der Waals surface area contributed by atoms with Gasteiger partial charge in [0.2, 0.25) is 0 Å². The van der Waals surface area contributed by atoms with Crippen LogP contribution in [-0.2, 0) is 0 Å². The molecule has 2 aromatic heterocycles. The third kappa shape index (κ3) is 5.26. The van der Waals surface area contributed by atoms with Crippen LogP contribution in [0.3, 0.4) is 0 Å². The summed E-state index contributed by atoms with van der Waals surface area (Å²) in [6, 6.07) is 16.6. The van der Waals surface area contributed by atoms with Gasteiger partial charge in [-0.1, -0.05) is 42.5 Å². The zero-order chi connectivity index (χ0) is 28.3. The Kier molecular flexibility index (Phi) is 7.63. The minimum atomic E-state index is -0.281. The van der Waals surface area contributed by atoms with Crippen molar-refractivity contribution in [3.63, 3.8) is 0 Å². The van der Waals surface area contributed by atoms with Crippen molar-refractivity contribution in [2.75, 3.05) is 51.3 Å². The Morgan fingerprint density at radius 2 is 1.95 bits per heavy atom. The molecule has 0 N–H and O–H groups in total. The maximum Gasteiger partial charge on any atom is 0.319 e. The topological polar surface area (TPSA) is 103 Å². The smallest absolute Gasteiger partial charge is 0.319 e. The van der Waals surface area contributed by atoms with Gasteiger partial charge in [0.1, 0.15) is 18.5 Å². The van der Waals surface area contributed by atoms with E-state index in [2.05, 4.69) is 39.4 Å². The summed E-state index contributed by atoms with van der Waals surface area (Å²) in [6.07, 6.45) is 5.99. The zero-order valence-corrected chi connectivity index (χ0v) is 23.3. The average Bonchev–Trinajstić information content (AvgIpc) is 3.41. The largest absolute Gasteiger partial charge is 0.462 e. The molecule has 0 spiro atoms. The summed E-state index contributed by atoms with van der Waals surface area (Å²) in [7, 11) is 2.10. The molecule has 0 unspecified atom stereocenters. The predicted molar refractivity (Wildman–Crippen MR) is 160 cm³/mol. The van der Waals surface area contributed by atoms with Gasteiger partial charge in [-0.3, -0.25) is 14.3 Å². The average molecular weight is 551 g/mol. The number of likely N-dealkylation sites (N-methyl/N-ethyl adjacent to an activating group) is 1. The molecule has 2 aliphatic rings. The van der Waals surface area contributed by atoms with Crippen LogP contribution in [0.1, 0.15) is 19.3 Å². The van der Waals surface area contributed by atoms with Crippen molar-refractivity contribution in [3.05, 3.63) is 71.8 Å². The molecule has 0 amide bonds. The molecule has 6 rings (SSSR count). The van der Waals surface area contributed by atoms with E-state index in [0.717, 1.165) is 42.4 Å². The first kappa shape index (κ1) is 26.9. The number of fused-ring (bicyclic) bond motifs is 2. The molecule has 10 nitrogen and oxygen atoms in total. The SMILES string of the molecule is C=CCN1CCN(c2nc(OC[C@@H]3CCCN3C)nc3c(=O)n(-c4cccc5ccccc45)cnc23)C[C@@H]1CC#N. The van der Waals surface area contributed by atoms with Gasteiger partial charge in [0.25, 0.3) is 5.56 Å². The highest BCUT2D eigenvalue weighted by Crippen LogP contribution is 2.28. The van der Waals surface area contributed by atoms with Gasteiger partial charge in [-0.05, 0) is 37.9 Å². The van der Waals surface area contributed by atoms with E-state index in [1.54, 1.807) is 10.9 Å². The molecule has 0 saturated carbocycles. The lowest BCUT2D eigenvalue weighted by Gasteiger charge is -2.40. The van der Waals surface area contributed by atoms with Gasteiger partial charge in [0.15, 0.2) is 11.3 Å². The van der Waals surface area contributed by atoms with Crippen LogP contribution in [-0.4, -0.2) is 87.8 Å². The van der Waals surface area contributed by atoms with Crippen molar-refractivity contribution in [2.24, 2.45) is 0 Å². The van der Waals surface area contributed by atoms with Crippen molar-refractivity contribution < 1.29 is 4.74 Å². The minimum Gasteiger partial charge on any atom is -0.462 e. The fraction of sp³-hybridized carbons (Fsp3) is 0.387. The van der Waals surface area contributed by atoms with Crippen LogP contribution in [0.5, 0.6) is 6.01 Å². The summed E-state index contributed by atoms with van der Waals surface area (Å²) in [5.41, 5.74) is 1.11. The summed E-state index contributed by atoms with van der Waals surface area (Å²) >= 11 is 0. The Bertz CT molecular complexity index is 1670. The van der Waals surface area contributed by atoms with Gasteiger partial charge < -0.3 is 14.5 Å². The predicted octanol–water partition coefficient (Wildman–Crippen LogP) is 3.39. The summed E-state index contributed by atoms with van der Waals surface area (Å²) in [5, 5.41) is 11.5. The van der Waals surface area contributed by atoms with Crippen molar-refractivity contribution in [2.45, 2.75) is 31.3 Å². The molecule has 2 aliphatic heterocycles. The molecule has 2 fully saturated rings. The molecule has 10 heteroatoms. The summed E-state index contributed by atoms with van der Waals surface area (Å²) in [4.78, 5) is 34.9. The first-order valence-corrected chi connectivity index (χ1v) is 14.1. The summed E-state index contributed by atoms with van der Waals surface area (Å²) in [5.74, 6) is 0.563. The molecule has 4 heterocycles. The molecular formula is C31H34N8O2. The Morgan fingerprint density at radius 3 is 2.76 bits per heavy atom. The van der Waals surface area contributed by atoms with Crippen LogP contribution in [0.15, 0.2) is 66.2 Å².